The van der Waals surface area contributed by atoms with Gasteiger partial charge in [-0.3, -0.25) is 14.2 Å². The second-order valence-corrected chi connectivity index (χ2v) is 5.64. The Balaban J connectivity index is 1.61. The molecule has 0 aliphatic heterocycles. The summed E-state index contributed by atoms with van der Waals surface area (Å²) < 4.78 is 1.77. The Morgan fingerprint density at radius 1 is 1.32 bits per heavy atom. The van der Waals surface area contributed by atoms with Gasteiger partial charge in [0, 0.05) is 30.1 Å². The molecule has 0 aromatic carbocycles. The number of anilines is 1. The monoisotopic (exact) mass is 338 g/mol. The SMILES string of the molecule is Cc1nc(C)c(CCC(=O)Nc2ccc(-n3ccnc3)nc2)c(=O)[nH]1. The largest absolute Gasteiger partial charge is 0.325 e. The first-order chi connectivity index (χ1) is 12.0. The Morgan fingerprint density at radius 2 is 2.16 bits per heavy atom. The van der Waals surface area contributed by atoms with Gasteiger partial charge in [-0.05, 0) is 32.4 Å². The van der Waals surface area contributed by atoms with E-state index in [2.05, 4.69) is 25.3 Å². The minimum absolute atomic E-state index is 0.184. The summed E-state index contributed by atoms with van der Waals surface area (Å²) in [6, 6.07) is 3.56. The van der Waals surface area contributed by atoms with Crippen LogP contribution in [-0.2, 0) is 11.2 Å². The zero-order chi connectivity index (χ0) is 17.8. The highest BCUT2D eigenvalue weighted by molar-refractivity contribution is 5.90. The van der Waals surface area contributed by atoms with Crippen molar-refractivity contribution < 1.29 is 4.79 Å². The molecule has 3 rings (SSSR count). The number of carbonyl (C=O) groups is 1. The summed E-state index contributed by atoms with van der Waals surface area (Å²) in [6.45, 7) is 3.50. The van der Waals surface area contributed by atoms with Crippen molar-refractivity contribution in [3.63, 3.8) is 0 Å². The molecule has 0 saturated carbocycles. The van der Waals surface area contributed by atoms with Crippen molar-refractivity contribution in [2.75, 3.05) is 5.32 Å². The summed E-state index contributed by atoms with van der Waals surface area (Å²) in [5.41, 5.74) is 1.60. The first-order valence-electron chi connectivity index (χ1n) is 7.83. The molecule has 2 N–H and O–H groups in total. The maximum absolute atomic E-state index is 12.1. The molecule has 0 unspecified atom stereocenters. The molecule has 0 radical (unpaired) electrons. The number of hydrogen-bond donors (Lipinski definition) is 2. The average Bonchev–Trinajstić information content (AvgIpc) is 3.09. The van der Waals surface area contributed by atoms with Gasteiger partial charge in [0.15, 0.2) is 0 Å². The maximum atomic E-state index is 12.1. The third-order valence-corrected chi connectivity index (χ3v) is 3.74. The van der Waals surface area contributed by atoms with E-state index < -0.39 is 0 Å². The van der Waals surface area contributed by atoms with Crippen LogP contribution in [0.15, 0.2) is 41.8 Å². The van der Waals surface area contributed by atoms with Gasteiger partial charge in [0.1, 0.15) is 18.0 Å². The lowest BCUT2D eigenvalue weighted by Gasteiger charge is -2.07. The number of pyridine rings is 1. The van der Waals surface area contributed by atoms with Crippen LogP contribution in [-0.4, -0.2) is 30.4 Å². The topological polar surface area (TPSA) is 106 Å². The predicted molar refractivity (Wildman–Crippen MR) is 92.6 cm³/mol. The fraction of sp³-hybridized carbons (Fsp3) is 0.235. The molecule has 0 bridgehead atoms. The van der Waals surface area contributed by atoms with E-state index in [-0.39, 0.29) is 17.9 Å². The summed E-state index contributed by atoms with van der Waals surface area (Å²) in [5.74, 6) is 1.10. The molecule has 1 amide bonds. The zero-order valence-corrected chi connectivity index (χ0v) is 14.0. The number of aryl methyl sites for hydroxylation is 2. The van der Waals surface area contributed by atoms with Gasteiger partial charge in [0.25, 0.3) is 5.56 Å². The minimum atomic E-state index is -0.191. The highest BCUT2D eigenvalue weighted by Gasteiger charge is 2.10. The molecular weight excluding hydrogens is 320 g/mol. The molecule has 8 nitrogen and oxygen atoms in total. The van der Waals surface area contributed by atoms with Crippen molar-refractivity contribution in [1.29, 1.82) is 0 Å². The smallest absolute Gasteiger partial charge is 0.254 e. The molecule has 25 heavy (non-hydrogen) atoms. The van der Waals surface area contributed by atoms with Crippen molar-refractivity contribution in [2.45, 2.75) is 26.7 Å². The molecule has 8 heteroatoms. The number of amides is 1. The van der Waals surface area contributed by atoms with Crippen molar-refractivity contribution >= 4 is 11.6 Å². The van der Waals surface area contributed by atoms with Gasteiger partial charge in [0.2, 0.25) is 5.91 Å². The molecule has 3 aromatic rings. The number of carbonyl (C=O) groups excluding carboxylic acids is 1. The highest BCUT2D eigenvalue weighted by Crippen LogP contribution is 2.10. The third-order valence-electron chi connectivity index (χ3n) is 3.74. The Labute approximate surface area is 144 Å². The zero-order valence-electron chi connectivity index (χ0n) is 14.0. The molecule has 0 atom stereocenters. The van der Waals surface area contributed by atoms with Gasteiger partial charge in [0.05, 0.1) is 11.9 Å². The first-order valence-corrected chi connectivity index (χ1v) is 7.83. The van der Waals surface area contributed by atoms with Crippen LogP contribution in [0.2, 0.25) is 0 Å². The number of H-pyrrole nitrogens is 1. The first kappa shape index (κ1) is 16.6. The Hall–Kier alpha value is -3.29. The Bertz CT molecular complexity index is 929. The standard InChI is InChI=1S/C17H18N6O2/c1-11-14(17(25)21-12(2)20-11)4-6-16(24)22-13-3-5-15(19-9-13)23-8-7-18-10-23/h3,5,7-10H,4,6H2,1-2H3,(H,22,24)(H,20,21,25). The molecule has 0 spiro atoms. The number of nitrogens with zero attached hydrogens (tertiary/aromatic N) is 4. The van der Waals surface area contributed by atoms with Gasteiger partial charge in [-0.1, -0.05) is 0 Å². The van der Waals surface area contributed by atoms with Crippen LogP contribution in [0.5, 0.6) is 0 Å². The lowest BCUT2D eigenvalue weighted by molar-refractivity contribution is -0.116. The van der Waals surface area contributed by atoms with Crippen LogP contribution in [0, 0.1) is 13.8 Å². The van der Waals surface area contributed by atoms with Gasteiger partial charge < -0.3 is 10.3 Å². The average molecular weight is 338 g/mol. The summed E-state index contributed by atoms with van der Waals surface area (Å²) >= 11 is 0. The summed E-state index contributed by atoms with van der Waals surface area (Å²) in [7, 11) is 0. The second-order valence-electron chi connectivity index (χ2n) is 5.64. The number of aromatic amines is 1. The number of aromatic nitrogens is 5. The van der Waals surface area contributed by atoms with E-state index in [1.807, 2.05) is 0 Å². The van der Waals surface area contributed by atoms with E-state index in [4.69, 9.17) is 0 Å². The van der Waals surface area contributed by atoms with Crippen LogP contribution in [0.3, 0.4) is 0 Å². The molecule has 0 fully saturated rings. The van der Waals surface area contributed by atoms with Crippen LogP contribution in [0.4, 0.5) is 5.69 Å². The number of nitrogens with one attached hydrogen (secondary N) is 2. The predicted octanol–water partition coefficient (Wildman–Crippen LogP) is 1.54. The van der Waals surface area contributed by atoms with Gasteiger partial charge in [-0.2, -0.15) is 0 Å². The van der Waals surface area contributed by atoms with E-state index in [0.29, 0.717) is 35.0 Å². The van der Waals surface area contributed by atoms with E-state index in [0.717, 1.165) is 0 Å². The number of rotatable bonds is 5. The van der Waals surface area contributed by atoms with Crippen molar-refractivity contribution in [3.8, 4) is 5.82 Å². The van der Waals surface area contributed by atoms with Crippen LogP contribution in [0.1, 0.15) is 23.5 Å². The van der Waals surface area contributed by atoms with Crippen molar-refractivity contribution in [3.05, 3.63) is 64.5 Å². The maximum Gasteiger partial charge on any atom is 0.254 e. The Kier molecular flexibility index (Phi) is 4.69. The second kappa shape index (κ2) is 7.08. The van der Waals surface area contributed by atoms with Crippen molar-refractivity contribution in [1.82, 2.24) is 24.5 Å². The van der Waals surface area contributed by atoms with E-state index in [9.17, 15) is 9.59 Å². The number of imidazole rings is 1. The van der Waals surface area contributed by atoms with Crippen LogP contribution < -0.4 is 10.9 Å². The molecule has 0 aliphatic rings. The van der Waals surface area contributed by atoms with E-state index >= 15 is 0 Å². The summed E-state index contributed by atoms with van der Waals surface area (Å²) in [5, 5.41) is 2.78. The van der Waals surface area contributed by atoms with Crippen molar-refractivity contribution in [2.24, 2.45) is 0 Å². The van der Waals surface area contributed by atoms with Gasteiger partial charge in [-0.15, -0.1) is 0 Å². The molecule has 3 heterocycles. The lowest BCUT2D eigenvalue weighted by Crippen LogP contribution is -2.20. The van der Waals surface area contributed by atoms with Gasteiger partial charge >= 0.3 is 0 Å². The highest BCUT2D eigenvalue weighted by atomic mass is 16.1. The summed E-state index contributed by atoms with van der Waals surface area (Å²) in [6.07, 6.45) is 7.21. The molecule has 128 valence electrons. The molecule has 3 aromatic heterocycles. The van der Waals surface area contributed by atoms with E-state index in [1.165, 1.54) is 0 Å². The third kappa shape index (κ3) is 3.97. The normalized spacial score (nSPS) is 10.6. The summed E-state index contributed by atoms with van der Waals surface area (Å²) in [4.78, 5) is 39.2. The lowest BCUT2D eigenvalue weighted by atomic mass is 10.1. The van der Waals surface area contributed by atoms with E-state index in [1.54, 1.807) is 55.5 Å². The fourth-order valence-electron chi connectivity index (χ4n) is 2.51. The fourth-order valence-corrected chi connectivity index (χ4v) is 2.51. The Morgan fingerprint density at radius 3 is 2.80 bits per heavy atom. The van der Waals surface area contributed by atoms with Crippen LogP contribution in [0.25, 0.3) is 5.82 Å². The molecule has 0 saturated heterocycles. The molecular formula is C17H18N6O2. The quantitative estimate of drug-likeness (QED) is 0.734. The van der Waals surface area contributed by atoms with Gasteiger partial charge in [-0.25, -0.2) is 15.0 Å². The minimum Gasteiger partial charge on any atom is -0.325 e. The molecule has 0 aliphatic carbocycles. The number of hydrogen-bond acceptors (Lipinski definition) is 5. The van der Waals surface area contributed by atoms with Crippen LogP contribution >= 0.6 is 0 Å².